The number of anilines is 1. The molecule has 1 atom stereocenters. The summed E-state index contributed by atoms with van der Waals surface area (Å²) < 4.78 is 28.1. The van der Waals surface area contributed by atoms with E-state index >= 15 is 0 Å². The third kappa shape index (κ3) is 5.63. The Morgan fingerprint density at radius 2 is 1.97 bits per heavy atom. The normalized spacial score (nSPS) is 15.9. The quantitative estimate of drug-likeness (QED) is 0.696. The fraction of sp³-hybridized carbons (Fsp3) is 0.500. The number of aromatic nitrogens is 1. The van der Waals surface area contributed by atoms with Crippen molar-refractivity contribution in [2.75, 3.05) is 18.9 Å². The number of thiazole rings is 1. The van der Waals surface area contributed by atoms with Crippen molar-refractivity contribution in [3.8, 4) is 0 Å². The molecule has 0 radical (unpaired) electrons. The van der Waals surface area contributed by atoms with E-state index in [0.717, 1.165) is 35.6 Å². The number of carbonyl (C=O) groups is 1. The van der Waals surface area contributed by atoms with Crippen LogP contribution in [0.1, 0.15) is 36.4 Å². The van der Waals surface area contributed by atoms with Crippen LogP contribution in [-0.2, 0) is 27.8 Å². The molecule has 29 heavy (non-hydrogen) atoms. The lowest BCUT2D eigenvalue weighted by Gasteiger charge is -2.20. The molecule has 1 aromatic carbocycles. The zero-order chi connectivity index (χ0) is 21.2. The summed E-state index contributed by atoms with van der Waals surface area (Å²) in [6, 6.07) is 5.71. The summed E-state index contributed by atoms with van der Waals surface area (Å²) in [5.74, 6) is -0.238. The molecule has 0 saturated carbocycles. The molecule has 1 amide bonds. The van der Waals surface area contributed by atoms with Gasteiger partial charge in [0.15, 0.2) is 5.13 Å². The summed E-state index contributed by atoms with van der Waals surface area (Å²) >= 11 is 1.46. The number of hydrogen-bond donors (Lipinski definition) is 2. The van der Waals surface area contributed by atoms with E-state index in [1.807, 2.05) is 20.8 Å². The molecule has 1 aliphatic rings. The highest BCUT2D eigenvalue weighted by molar-refractivity contribution is 7.89. The van der Waals surface area contributed by atoms with E-state index < -0.39 is 16.1 Å². The Morgan fingerprint density at radius 1 is 1.28 bits per heavy atom. The second-order valence-electron chi connectivity index (χ2n) is 7.98. The number of benzene rings is 1. The van der Waals surface area contributed by atoms with Gasteiger partial charge in [-0.05, 0) is 38.4 Å². The van der Waals surface area contributed by atoms with Gasteiger partial charge in [0.05, 0.1) is 10.6 Å². The molecule has 2 heterocycles. The second-order valence-corrected chi connectivity index (χ2v) is 10.8. The molecule has 9 heteroatoms. The average Bonchev–Trinajstić information content (AvgIpc) is 3.02. The molecule has 2 aromatic rings. The van der Waals surface area contributed by atoms with Gasteiger partial charge in [-0.15, -0.1) is 11.3 Å². The number of rotatable bonds is 7. The first kappa shape index (κ1) is 21.9. The Hall–Kier alpha value is -1.81. The fourth-order valence-electron chi connectivity index (χ4n) is 3.22. The average molecular weight is 437 g/mol. The van der Waals surface area contributed by atoms with Crippen LogP contribution in [0.3, 0.4) is 0 Å². The molecule has 7 nitrogen and oxygen atoms in total. The van der Waals surface area contributed by atoms with Crippen molar-refractivity contribution >= 4 is 32.4 Å². The summed E-state index contributed by atoms with van der Waals surface area (Å²) in [5, 5.41) is 3.35. The van der Waals surface area contributed by atoms with E-state index in [-0.39, 0.29) is 16.7 Å². The molecule has 0 spiro atoms. The second kappa shape index (κ2) is 8.91. The van der Waals surface area contributed by atoms with Crippen molar-refractivity contribution in [1.29, 1.82) is 0 Å². The number of nitrogens with one attached hydrogen (secondary N) is 2. The predicted molar refractivity (Wildman–Crippen MR) is 116 cm³/mol. The fourth-order valence-corrected chi connectivity index (χ4v) is 5.52. The van der Waals surface area contributed by atoms with Crippen molar-refractivity contribution in [2.24, 2.45) is 5.92 Å². The number of hydrogen-bond acceptors (Lipinski definition) is 6. The van der Waals surface area contributed by atoms with E-state index in [1.54, 1.807) is 24.3 Å². The van der Waals surface area contributed by atoms with Gasteiger partial charge in [0.2, 0.25) is 15.9 Å². The van der Waals surface area contributed by atoms with Crippen LogP contribution in [0.15, 0.2) is 29.2 Å². The molecule has 2 N–H and O–H groups in total. The lowest BCUT2D eigenvalue weighted by Crippen LogP contribution is -2.44. The maximum absolute atomic E-state index is 12.9. The van der Waals surface area contributed by atoms with Crippen molar-refractivity contribution in [1.82, 2.24) is 14.6 Å². The van der Waals surface area contributed by atoms with Crippen LogP contribution in [0, 0.1) is 12.8 Å². The molecule has 0 fully saturated rings. The van der Waals surface area contributed by atoms with Crippen LogP contribution in [0.4, 0.5) is 5.13 Å². The van der Waals surface area contributed by atoms with Gasteiger partial charge in [-0.1, -0.05) is 31.5 Å². The number of likely N-dealkylation sites (N-methyl/N-ethyl adjacent to an activating group) is 1. The van der Waals surface area contributed by atoms with Crippen LogP contribution in [-0.4, -0.2) is 43.8 Å². The van der Waals surface area contributed by atoms with Gasteiger partial charge >= 0.3 is 0 Å². The molecular weight excluding hydrogens is 408 g/mol. The first-order valence-electron chi connectivity index (χ1n) is 9.71. The maximum Gasteiger partial charge on any atom is 0.244 e. The molecule has 158 valence electrons. The number of sulfonamides is 1. The Balaban J connectivity index is 1.76. The van der Waals surface area contributed by atoms with E-state index in [4.69, 9.17) is 0 Å². The lowest BCUT2D eigenvalue weighted by atomic mass is 10.0. The van der Waals surface area contributed by atoms with Crippen molar-refractivity contribution < 1.29 is 13.2 Å². The Labute approximate surface area is 176 Å². The van der Waals surface area contributed by atoms with E-state index in [1.165, 1.54) is 11.3 Å². The largest absolute Gasteiger partial charge is 0.301 e. The Morgan fingerprint density at radius 3 is 2.62 bits per heavy atom. The van der Waals surface area contributed by atoms with Gasteiger partial charge < -0.3 is 10.2 Å². The van der Waals surface area contributed by atoms with Crippen LogP contribution in [0.25, 0.3) is 0 Å². The minimum atomic E-state index is -3.80. The van der Waals surface area contributed by atoms with Crippen LogP contribution < -0.4 is 10.0 Å². The summed E-state index contributed by atoms with van der Waals surface area (Å²) in [6.45, 7) is 7.57. The molecule has 0 saturated heterocycles. The standard InChI is InChI=1S/C20H28N4O3S2/c1-13(2)11-17(23-29(26,27)15-7-5-14(3)6-8-15)19(25)22-20-21-16-9-10-24(4)12-18(16)28-20/h5-8,13,17,23H,9-12H2,1-4H3,(H,21,22,25). The molecule has 1 aliphatic heterocycles. The van der Waals surface area contributed by atoms with Crippen LogP contribution >= 0.6 is 11.3 Å². The number of carbonyl (C=O) groups excluding carboxylic acids is 1. The van der Waals surface area contributed by atoms with E-state index in [2.05, 4.69) is 27.0 Å². The lowest BCUT2D eigenvalue weighted by molar-refractivity contribution is -0.118. The monoisotopic (exact) mass is 436 g/mol. The SMILES string of the molecule is Cc1ccc(S(=O)(=O)NC(CC(C)C)C(=O)Nc2nc3c(s2)CN(C)CC3)cc1. The Bertz CT molecular complexity index is 968. The zero-order valence-electron chi connectivity index (χ0n) is 17.2. The number of aryl methyl sites for hydroxylation is 1. The number of fused-ring (bicyclic) bond motifs is 1. The third-order valence-corrected chi connectivity index (χ3v) is 7.29. The molecular formula is C20H28N4O3S2. The molecule has 0 aliphatic carbocycles. The summed E-state index contributed by atoms with van der Waals surface area (Å²) in [6.07, 6.45) is 1.25. The molecule has 3 rings (SSSR count). The van der Waals surface area contributed by atoms with Gasteiger partial charge in [0, 0.05) is 24.4 Å². The first-order valence-corrected chi connectivity index (χ1v) is 12.0. The first-order chi connectivity index (χ1) is 13.6. The highest BCUT2D eigenvalue weighted by Gasteiger charge is 2.28. The summed E-state index contributed by atoms with van der Waals surface area (Å²) in [4.78, 5) is 21.0. The van der Waals surface area contributed by atoms with Crippen molar-refractivity contribution in [3.63, 3.8) is 0 Å². The Kier molecular flexibility index (Phi) is 6.72. The van der Waals surface area contributed by atoms with Gasteiger partial charge in [0.25, 0.3) is 0 Å². The highest BCUT2D eigenvalue weighted by atomic mass is 32.2. The molecule has 1 aromatic heterocycles. The zero-order valence-corrected chi connectivity index (χ0v) is 18.9. The molecule has 0 bridgehead atoms. The van der Waals surface area contributed by atoms with Gasteiger partial charge in [-0.2, -0.15) is 4.72 Å². The van der Waals surface area contributed by atoms with Gasteiger partial charge in [-0.3, -0.25) is 4.79 Å². The number of amides is 1. The molecule has 1 unspecified atom stereocenters. The van der Waals surface area contributed by atoms with Crippen molar-refractivity contribution in [2.45, 2.75) is 51.1 Å². The van der Waals surface area contributed by atoms with E-state index in [9.17, 15) is 13.2 Å². The predicted octanol–water partition coefficient (Wildman–Crippen LogP) is 2.77. The van der Waals surface area contributed by atoms with Crippen LogP contribution in [0.5, 0.6) is 0 Å². The topological polar surface area (TPSA) is 91.4 Å². The number of nitrogens with zero attached hydrogens (tertiary/aromatic N) is 2. The van der Waals surface area contributed by atoms with E-state index in [0.29, 0.717) is 11.6 Å². The van der Waals surface area contributed by atoms with Gasteiger partial charge in [-0.25, -0.2) is 13.4 Å². The smallest absolute Gasteiger partial charge is 0.244 e. The van der Waals surface area contributed by atoms with Crippen molar-refractivity contribution in [3.05, 3.63) is 40.4 Å². The third-order valence-electron chi connectivity index (χ3n) is 4.80. The highest BCUT2D eigenvalue weighted by Crippen LogP contribution is 2.28. The summed E-state index contributed by atoms with van der Waals surface area (Å²) in [5.41, 5.74) is 1.99. The van der Waals surface area contributed by atoms with Gasteiger partial charge in [0.1, 0.15) is 6.04 Å². The van der Waals surface area contributed by atoms with Crippen LogP contribution in [0.2, 0.25) is 0 Å². The minimum Gasteiger partial charge on any atom is -0.301 e. The summed E-state index contributed by atoms with van der Waals surface area (Å²) in [7, 11) is -1.75. The maximum atomic E-state index is 12.9. The minimum absolute atomic E-state index is 0.143.